The van der Waals surface area contributed by atoms with Gasteiger partial charge in [-0.25, -0.2) is 9.59 Å². The van der Waals surface area contributed by atoms with Gasteiger partial charge < -0.3 is 15.0 Å². The van der Waals surface area contributed by atoms with Crippen molar-refractivity contribution < 1.29 is 14.3 Å². The summed E-state index contributed by atoms with van der Waals surface area (Å²) in [4.78, 5) is 24.5. The molecule has 0 radical (unpaired) electrons. The molecule has 1 heterocycles. The van der Waals surface area contributed by atoms with Crippen LogP contribution in [0.15, 0.2) is 12.4 Å². The van der Waals surface area contributed by atoms with Crippen molar-refractivity contribution in [3.05, 3.63) is 18.0 Å². The van der Waals surface area contributed by atoms with Crippen LogP contribution in [0.3, 0.4) is 0 Å². The second kappa shape index (κ2) is 5.73. The molecule has 0 saturated heterocycles. The topological polar surface area (TPSA) is 76.5 Å². The summed E-state index contributed by atoms with van der Waals surface area (Å²) in [5, 5.41) is 6.52. The van der Waals surface area contributed by atoms with Crippen LogP contribution in [0, 0.1) is 0 Å². The van der Waals surface area contributed by atoms with Crippen LogP contribution in [0.5, 0.6) is 0 Å². The second-order valence-electron chi connectivity index (χ2n) is 5.33. The van der Waals surface area contributed by atoms with Crippen LogP contribution in [-0.4, -0.2) is 46.5 Å². The van der Waals surface area contributed by atoms with Crippen molar-refractivity contribution in [3.63, 3.8) is 0 Å². The third kappa shape index (κ3) is 4.99. The molecule has 106 valence electrons. The highest BCUT2D eigenvalue weighted by Crippen LogP contribution is 2.07. The fourth-order valence-electron chi connectivity index (χ4n) is 1.25. The first-order valence-corrected chi connectivity index (χ1v) is 5.91. The lowest BCUT2D eigenvalue weighted by atomic mass is 10.2. The Balaban J connectivity index is 2.51. The highest BCUT2D eigenvalue weighted by atomic mass is 16.6. The van der Waals surface area contributed by atoms with Crippen LogP contribution in [-0.2, 0) is 11.3 Å². The Morgan fingerprint density at radius 1 is 1.42 bits per heavy atom. The predicted octanol–water partition coefficient (Wildman–Crippen LogP) is 1.44. The highest BCUT2D eigenvalue weighted by molar-refractivity contribution is 5.75. The fourth-order valence-corrected chi connectivity index (χ4v) is 1.25. The lowest BCUT2D eigenvalue weighted by molar-refractivity contribution is 0.0523. The summed E-state index contributed by atoms with van der Waals surface area (Å²) in [7, 11) is 3.28. The molecule has 1 aromatic rings. The molecule has 0 unspecified atom stereocenters. The number of aromatic nitrogens is 2. The molecule has 0 fully saturated rings. The normalized spacial score (nSPS) is 11.0. The molecule has 0 aliphatic heterocycles. The summed E-state index contributed by atoms with van der Waals surface area (Å²) in [6, 6.07) is -0.247. The van der Waals surface area contributed by atoms with Gasteiger partial charge in [-0.1, -0.05) is 0 Å². The minimum atomic E-state index is -0.533. The molecular weight excluding hydrogens is 248 g/mol. The number of amides is 2. The molecule has 7 nitrogen and oxygen atoms in total. The summed E-state index contributed by atoms with van der Waals surface area (Å²) >= 11 is 0. The van der Waals surface area contributed by atoms with Gasteiger partial charge in [-0.05, 0) is 20.8 Å². The smallest absolute Gasteiger partial charge is 0.407 e. The maximum absolute atomic E-state index is 11.6. The van der Waals surface area contributed by atoms with Gasteiger partial charge in [0.2, 0.25) is 0 Å². The summed E-state index contributed by atoms with van der Waals surface area (Å²) < 4.78 is 6.31. The predicted molar refractivity (Wildman–Crippen MR) is 69.8 cm³/mol. The zero-order chi connectivity index (χ0) is 14.6. The van der Waals surface area contributed by atoms with E-state index >= 15 is 0 Å². The number of rotatable bonds is 2. The Morgan fingerprint density at radius 3 is 2.58 bits per heavy atom. The van der Waals surface area contributed by atoms with Crippen LogP contribution in [0.1, 0.15) is 26.3 Å². The number of nitrogens with zero attached hydrogens (tertiary/aromatic N) is 3. The van der Waals surface area contributed by atoms with Gasteiger partial charge in [-0.3, -0.25) is 0 Å². The minimum Gasteiger partial charge on any atom is -0.444 e. The van der Waals surface area contributed by atoms with Crippen molar-refractivity contribution in [3.8, 4) is 0 Å². The molecule has 1 rings (SSSR count). The van der Waals surface area contributed by atoms with Crippen LogP contribution >= 0.6 is 0 Å². The number of ether oxygens (including phenoxy) is 1. The van der Waals surface area contributed by atoms with E-state index in [1.807, 2.05) is 0 Å². The van der Waals surface area contributed by atoms with Crippen molar-refractivity contribution >= 4 is 12.1 Å². The van der Waals surface area contributed by atoms with Crippen molar-refractivity contribution in [1.82, 2.24) is 20.0 Å². The number of nitrogens with one attached hydrogen (secondary N) is 1. The largest absolute Gasteiger partial charge is 0.444 e. The lowest BCUT2D eigenvalue weighted by Gasteiger charge is -2.19. The molecule has 19 heavy (non-hydrogen) atoms. The Labute approximate surface area is 112 Å². The monoisotopic (exact) mass is 268 g/mol. The molecule has 0 aliphatic carbocycles. The molecule has 1 aromatic heterocycles. The molecule has 0 atom stereocenters. The molecule has 0 aromatic carbocycles. The number of hydrogen-bond acceptors (Lipinski definition) is 4. The summed E-state index contributed by atoms with van der Waals surface area (Å²) in [6.07, 6.45) is 2.59. The van der Waals surface area contributed by atoms with Crippen LogP contribution in [0.25, 0.3) is 0 Å². The molecule has 0 spiro atoms. The van der Waals surface area contributed by atoms with Crippen molar-refractivity contribution in [1.29, 1.82) is 0 Å². The van der Waals surface area contributed by atoms with E-state index in [-0.39, 0.29) is 12.6 Å². The van der Waals surface area contributed by atoms with E-state index in [0.717, 1.165) is 5.56 Å². The average Bonchev–Trinajstić information content (AvgIpc) is 2.71. The third-order valence-corrected chi connectivity index (χ3v) is 2.05. The fraction of sp³-hybridized carbons (Fsp3) is 0.583. The van der Waals surface area contributed by atoms with Gasteiger partial charge in [0.1, 0.15) is 5.60 Å². The second-order valence-corrected chi connectivity index (χ2v) is 5.33. The number of carbonyl (C=O) groups excluding carboxylic acids is 2. The Hall–Kier alpha value is -2.05. The number of carbonyl (C=O) groups is 2. The van der Waals surface area contributed by atoms with E-state index in [9.17, 15) is 9.59 Å². The minimum absolute atomic E-state index is 0.247. The number of alkyl carbamates (subject to hydrolysis) is 1. The van der Waals surface area contributed by atoms with Gasteiger partial charge >= 0.3 is 12.1 Å². The van der Waals surface area contributed by atoms with Gasteiger partial charge in [0.25, 0.3) is 0 Å². The van der Waals surface area contributed by atoms with E-state index < -0.39 is 11.7 Å². The Morgan fingerprint density at radius 2 is 2.05 bits per heavy atom. The standard InChI is InChI=1S/C12H20N4O3/c1-12(2,3)19-10(17)13-6-9-7-14-16(8-9)11(18)15(4)5/h7-8H,6H2,1-5H3,(H,13,17). The van der Waals surface area contributed by atoms with E-state index in [1.54, 1.807) is 41.1 Å². The molecule has 0 bridgehead atoms. The molecule has 2 amide bonds. The van der Waals surface area contributed by atoms with Gasteiger partial charge in [0.05, 0.1) is 6.20 Å². The summed E-state index contributed by atoms with van der Waals surface area (Å²) in [5.74, 6) is 0. The van der Waals surface area contributed by atoms with Crippen LogP contribution in [0.2, 0.25) is 0 Å². The average molecular weight is 268 g/mol. The first kappa shape index (κ1) is 15.0. The van der Waals surface area contributed by atoms with E-state index in [4.69, 9.17) is 4.74 Å². The highest BCUT2D eigenvalue weighted by Gasteiger charge is 2.16. The maximum Gasteiger partial charge on any atom is 0.407 e. The summed E-state index contributed by atoms with van der Waals surface area (Å²) in [5.41, 5.74) is 0.191. The van der Waals surface area contributed by atoms with Gasteiger partial charge in [-0.15, -0.1) is 0 Å². The molecule has 1 N–H and O–H groups in total. The first-order valence-electron chi connectivity index (χ1n) is 5.91. The molecule has 0 saturated carbocycles. The van der Waals surface area contributed by atoms with Crippen molar-refractivity contribution in [2.24, 2.45) is 0 Å². The lowest BCUT2D eigenvalue weighted by Crippen LogP contribution is -2.32. The molecular formula is C12H20N4O3. The quantitative estimate of drug-likeness (QED) is 0.880. The van der Waals surface area contributed by atoms with Crippen LogP contribution < -0.4 is 5.32 Å². The van der Waals surface area contributed by atoms with Gasteiger partial charge in [0.15, 0.2) is 0 Å². The van der Waals surface area contributed by atoms with E-state index in [2.05, 4.69) is 10.4 Å². The third-order valence-electron chi connectivity index (χ3n) is 2.05. The molecule has 7 heteroatoms. The maximum atomic E-state index is 11.6. The van der Waals surface area contributed by atoms with Gasteiger partial charge in [-0.2, -0.15) is 9.78 Å². The SMILES string of the molecule is CN(C)C(=O)n1cc(CNC(=O)OC(C)(C)C)cn1. The first-order chi connectivity index (χ1) is 8.69. The van der Waals surface area contributed by atoms with E-state index in [0.29, 0.717) is 0 Å². The van der Waals surface area contributed by atoms with Crippen molar-refractivity contribution in [2.75, 3.05) is 14.1 Å². The Bertz CT molecular complexity index is 460. The van der Waals surface area contributed by atoms with Crippen LogP contribution in [0.4, 0.5) is 9.59 Å². The molecule has 0 aliphatic rings. The Kier molecular flexibility index (Phi) is 4.52. The zero-order valence-electron chi connectivity index (χ0n) is 11.9. The van der Waals surface area contributed by atoms with Gasteiger partial charge in [0, 0.05) is 32.4 Å². The summed E-state index contributed by atoms with van der Waals surface area (Å²) in [6.45, 7) is 5.64. The number of hydrogen-bond donors (Lipinski definition) is 1. The van der Waals surface area contributed by atoms with E-state index in [1.165, 1.54) is 15.8 Å². The zero-order valence-corrected chi connectivity index (χ0v) is 11.9. The van der Waals surface area contributed by atoms with Crippen molar-refractivity contribution in [2.45, 2.75) is 32.9 Å².